The first-order valence-electron chi connectivity index (χ1n) is 4.62. The van der Waals surface area contributed by atoms with E-state index in [0.717, 1.165) is 0 Å². The van der Waals surface area contributed by atoms with Crippen LogP contribution >= 0.6 is 0 Å². The predicted octanol–water partition coefficient (Wildman–Crippen LogP) is 2.60. The fourth-order valence-electron chi connectivity index (χ4n) is 0.676. The summed E-state index contributed by atoms with van der Waals surface area (Å²) in [5.41, 5.74) is -0.804. The third-order valence-electron chi connectivity index (χ3n) is 1.99. The van der Waals surface area contributed by atoms with Crippen LogP contribution in [0.1, 0.15) is 48.0 Å². The van der Waals surface area contributed by atoms with Crippen LogP contribution in [-0.2, 0) is 31.3 Å². The summed E-state index contributed by atoms with van der Waals surface area (Å²) in [5, 5.41) is 0. The van der Waals surface area contributed by atoms with E-state index in [-0.39, 0.29) is 39.7 Å². The van der Waals surface area contributed by atoms with Crippen LogP contribution < -0.4 is 0 Å². The van der Waals surface area contributed by atoms with Crippen molar-refractivity contribution in [3.63, 3.8) is 0 Å². The molecule has 0 bridgehead atoms. The molecule has 0 amide bonds. The fourth-order valence-corrected chi connectivity index (χ4v) is 0.676. The first kappa shape index (κ1) is 16.5. The monoisotopic (exact) mass is 232 g/mol. The van der Waals surface area contributed by atoms with Gasteiger partial charge >= 0.3 is 0 Å². The molecule has 80 valence electrons. The summed E-state index contributed by atoms with van der Waals surface area (Å²) in [7, 11) is 0. The molecule has 0 unspecified atom stereocenters. The molecule has 2 nitrogen and oxygen atoms in total. The van der Waals surface area contributed by atoms with Crippen LogP contribution in [0.5, 0.6) is 0 Å². The Morgan fingerprint density at radius 2 is 1.00 bits per heavy atom. The second kappa shape index (κ2) is 5.22. The molecule has 0 atom stereocenters. The number of ketones is 2. The summed E-state index contributed by atoms with van der Waals surface area (Å²) >= 11 is 0. The van der Waals surface area contributed by atoms with Crippen molar-refractivity contribution in [2.75, 3.05) is 0 Å². The van der Waals surface area contributed by atoms with E-state index in [1.165, 1.54) is 0 Å². The Bertz CT molecular complexity index is 194. The molecule has 0 saturated carbocycles. The maximum atomic E-state index is 11.5. The van der Waals surface area contributed by atoms with Crippen molar-refractivity contribution < 1.29 is 31.3 Å². The van der Waals surface area contributed by atoms with Crippen LogP contribution in [0.2, 0.25) is 0 Å². The molecule has 0 saturated heterocycles. The Balaban J connectivity index is 0. The summed E-state index contributed by atoms with van der Waals surface area (Å²) in [4.78, 5) is 23.0. The van der Waals surface area contributed by atoms with E-state index < -0.39 is 10.8 Å². The van der Waals surface area contributed by atoms with Crippen LogP contribution in [-0.4, -0.2) is 11.6 Å². The van der Waals surface area contributed by atoms with Gasteiger partial charge in [-0.2, -0.15) is 0 Å². The molecule has 0 aromatic carbocycles. The number of rotatable bonds is 2. The fraction of sp³-hybridized carbons (Fsp3) is 0.818. The first-order valence-corrected chi connectivity index (χ1v) is 4.62. The van der Waals surface area contributed by atoms with Crippen molar-refractivity contribution in [1.82, 2.24) is 0 Å². The van der Waals surface area contributed by atoms with Gasteiger partial charge in [-0.3, -0.25) is 9.59 Å². The summed E-state index contributed by atoms with van der Waals surface area (Å²) in [6.45, 7) is 11.0. The van der Waals surface area contributed by atoms with Crippen LogP contribution in [0.15, 0.2) is 0 Å². The molecular weight excluding hydrogens is 212 g/mol. The third-order valence-corrected chi connectivity index (χ3v) is 1.99. The van der Waals surface area contributed by atoms with Crippen molar-refractivity contribution in [2.24, 2.45) is 10.8 Å². The zero-order valence-electron chi connectivity index (χ0n) is 10.0. The second-order valence-corrected chi connectivity index (χ2v) is 5.52. The van der Waals surface area contributed by atoms with Gasteiger partial charge in [-0.05, 0) is 0 Å². The summed E-state index contributed by atoms with van der Waals surface area (Å²) in [6, 6.07) is 0. The minimum absolute atomic E-state index is 0. The van der Waals surface area contributed by atoms with Gasteiger partial charge < -0.3 is 0 Å². The van der Waals surface area contributed by atoms with Crippen molar-refractivity contribution in [2.45, 2.75) is 48.0 Å². The predicted molar refractivity (Wildman–Crippen MR) is 53.5 cm³/mol. The average Bonchev–Trinajstić information content (AvgIpc) is 1.82. The number of hydrogen-bond acceptors (Lipinski definition) is 2. The van der Waals surface area contributed by atoms with Gasteiger partial charge in [0.1, 0.15) is 11.6 Å². The summed E-state index contributed by atoms with van der Waals surface area (Å²) in [6.07, 6.45) is 0.0625. The van der Waals surface area contributed by atoms with Crippen LogP contribution in [0.4, 0.5) is 0 Å². The van der Waals surface area contributed by atoms with Crippen molar-refractivity contribution in [3.8, 4) is 0 Å². The normalized spacial score (nSPS) is 11.9. The van der Waals surface area contributed by atoms with Gasteiger partial charge in [0.2, 0.25) is 0 Å². The van der Waals surface area contributed by atoms with Crippen molar-refractivity contribution in [3.05, 3.63) is 0 Å². The molecule has 0 aliphatic carbocycles. The molecule has 0 aliphatic rings. The van der Waals surface area contributed by atoms with Gasteiger partial charge in [-0.25, -0.2) is 0 Å². The Hall–Kier alpha value is 0.0543. The Morgan fingerprint density at radius 3 is 1.14 bits per heavy atom. The molecule has 0 rings (SSSR count). The number of carbonyl (C=O) groups excluding carboxylic acids is 2. The number of hydrogen-bond donors (Lipinski definition) is 0. The average molecular weight is 232 g/mol. The molecule has 0 heterocycles. The second-order valence-electron chi connectivity index (χ2n) is 5.52. The van der Waals surface area contributed by atoms with Crippen molar-refractivity contribution in [1.29, 1.82) is 0 Å². The zero-order chi connectivity index (χ0) is 10.9. The summed E-state index contributed by atoms with van der Waals surface area (Å²) < 4.78 is 0. The molecule has 0 aliphatic heterocycles. The molecule has 0 N–H and O–H groups in total. The maximum Gasteiger partial charge on any atom is 0.145 e. The van der Waals surface area contributed by atoms with E-state index in [1.807, 2.05) is 41.5 Å². The van der Waals surface area contributed by atoms with E-state index in [0.29, 0.717) is 0 Å². The molecule has 3 heteroatoms. The Morgan fingerprint density at radius 1 is 0.786 bits per heavy atom. The minimum Gasteiger partial charge on any atom is -0.299 e. The van der Waals surface area contributed by atoms with Crippen LogP contribution in [0, 0.1) is 10.8 Å². The Labute approximate surface area is 102 Å². The molecule has 0 radical (unpaired) electrons. The summed E-state index contributed by atoms with van der Waals surface area (Å²) in [5.74, 6) is 0.0415. The first-order chi connectivity index (χ1) is 5.55. The molecule has 0 aromatic heterocycles. The quantitative estimate of drug-likeness (QED) is 0.541. The van der Waals surface area contributed by atoms with Gasteiger partial charge in [0.25, 0.3) is 0 Å². The van der Waals surface area contributed by atoms with Gasteiger partial charge in [0.15, 0.2) is 0 Å². The van der Waals surface area contributed by atoms with Crippen molar-refractivity contribution >= 4 is 11.6 Å². The molecule has 14 heavy (non-hydrogen) atoms. The largest absolute Gasteiger partial charge is 0.299 e. The molecule has 0 fully saturated rings. The van der Waals surface area contributed by atoms with Gasteiger partial charge in [0, 0.05) is 32.5 Å². The maximum absolute atomic E-state index is 11.5. The minimum atomic E-state index is -0.402. The van der Waals surface area contributed by atoms with E-state index in [9.17, 15) is 9.59 Å². The SMILES string of the molecule is CC(C)(C)C(=O)CC(=O)C(C)(C)C.[Ti]. The van der Waals surface area contributed by atoms with E-state index in [4.69, 9.17) is 0 Å². The number of Topliss-reactive ketones (excluding diaryl/α,β-unsaturated/α-hetero) is 2. The van der Waals surface area contributed by atoms with E-state index in [2.05, 4.69) is 0 Å². The van der Waals surface area contributed by atoms with Gasteiger partial charge in [-0.15, -0.1) is 0 Å². The number of carbonyl (C=O) groups is 2. The van der Waals surface area contributed by atoms with Gasteiger partial charge in [-0.1, -0.05) is 41.5 Å². The van der Waals surface area contributed by atoms with Crippen LogP contribution in [0.3, 0.4) is 0 Å². The standard InChI is InChI=1S/C11H20O2.Ti/c1-10(2,3)8(12)7-9(13)11(4,5)6;/h7H2,1-6H3;. The molecule has 0 aromatic rings. The van der Waals surface area contributed by atoms with E-state index >= 15 is 0 Å². The Kier molecular flexibility index (Phi) is 6.15. The molecular formula is C11H20O2Ti. The van der Waals surface area contributed by atoms with E-state index in [1.54, 1.807) is 0 Å². The topological polar surface area (TPSA) is 34.1 Å². The van der Waals surface area contributed by atoms with Gasteiger partial charge in [0.05, 0.1) is 6.42 Å². The molecule has 0 spiro atoms. The van der Waals surface area contributed by atoms with Crippen LogP contribution in [0.25, 0.3) is 0 Å². The smallest absolute Gasteiger partial charge is 0.145 e. The third kappa shape index (κ3) is 5.72. The zero-order valence-corrected chi connectivity index (χ0v) is 11.6.